The van der Waals surface area contributed by atoms with Gasteiger partial charge in [-0.05, 0) is 56.0 Å². The lowest BCUT2D eigenvalue weighted by Crippen LogP contribution is -2.43. The number of carbonyl (C=O) groups is 1. The fourth-order valence-corrected chi connectivity index (χ4v) is 4.27. The molecule has 1 aliphatic carbocycles. The number of nitrogens with zero attached hydrogens (tertiary/aromatic N) is 2. The molecule has 0 unspecified atom stereocenters. The summed E-state index contributed by atoms with van der Waals surface area (Å²) in [6.45, 7) is 3.62. The summed E-state index contributed by atoms with van der Waals surface area (Å²) in [6, 6.07) is 14.6. The standard InChI is InChI=1S/C27H34N2O6/c1-31-25-12-11-21(17-26(25)34-23-9-5-6-10-23)18-28-33-20-24(19-29-13-15-32-16-14-29)35-27(30)22-7-3-2-4-8-22/h2-4,7-8,11-12,17-18,23-24H,5-6,9-10,13-16,19-20H2,1H3/b28-18+/t24-/m0/s1. The van der Waals surface area contributed by atoms with Crippen LogP contribution in [0.1, 0.15) is 41.6 Å². The Bertz CT molecular complexity index is 955. The molecule has 2 aliphatic rings. The predicted octanol–water partition coefficient (Wildman–Crippen LogP) is 3.92. The van der Waals surface area contributed by atoms with Gasteiger partial charge in [-0.25, -0.2) is 4.79 Å². The van der Waals surface area contributed by atoms with E-state index in [9.17, 15) is 4.79 Å². The van der Waals surface area contributed by atoms with Crippen LogP contribution in [0.4, 0.5) is 0 Å². The van der Waals surface area contributed by atoms with Gasteiger partial charge in [-0.3, -0.25) is 4.90 Å². The van der Waals surface area contributed by atoms with Crippen molar-refractivity contribution in [2.75, 3.05) is 46.6 Å². The van der Waals surface area contributed by atoms with E-state index in [-0.39, 0.29) is 18.7 Å². The van der Waals surface area contributed by atoms with E-state index >= 15 is 0 Å². The third-order valence-corrected chi connectivity index (χ3v) is 6.17. The summed E-state index contributed by atoms with van der Waals surface area (Å²) in [4.78, 5) is 20.4. The van der Waals surface area contributed by atoms with Crippen molar-refractivity contribution in [3.63, 3.8) is 0 Å². The number of morpholine rings is 1. The average Bonchev–Trinajstić information content (AvgIpc) is 3.41. The van der Waals surface area contributed by atoms with E-state index in [1.54, 1.807) is 25.5 Å². The lowest BCUT2D eigenvalue weighted by molar-refractivity contribution is -0.0312. The Hall–Kier alpha value is -3.10. The van der Waals surface area contributed by atoms with Gasteiger partial charge in [0, 0.05) is 25.2 Å². The van der Waals surface area contributed by atoms with Gasteiger partial charge in [0.25, 0.3) is 0 Å². The molecule has 0 bridgehead atoms. The van der Waals surface area contributed by atoms with Crippen LogP contribution in [0.15, 0.2) is 53.7 Å². The molecule has 0 amide bonds. The highest BCUT2D eigenvalue weighted by Crippen LogP contribution is 2.32. The Morgan fingerprint density at radius 2 is 1.89 bits per heavy atom. The van der Waals surface area contributed by atoms with Crippen molar-refractivity contribution < 1.29 is 28.6 Å². The SMILES string of the molecule is COc1ccc(/C=N/OC[C@H](CN2CCOCC2)OC(=O)c2ccccc2)cc1OC1CCCC1. The molecule has 1 aliphatic heterocycles. The van der Waals surface area contributed by atoms with E-state index in [1.165, 1.54) is 12.8 Å². The normalized spacial score (nSPS) is 17.9. The number of hydrogen-bond donors (Lipinski definition) is 0. The summed E-state index contributed by atoms with van der Waals surface area (Å²) in [7, 11) is 1.64. The Morgan fingerprint density at radius 1 is 1.11 bits per heavy atom. The third-order valence-electron chi connectivity index (χ3n) is 6.17. The maximum atomic E-state index is 12.6. The van der Waals surface area contributed by atoms with Crippen LogP contribution in [0.3, 0.4) is 0 Å². The fourth-order valence-electron chi connectivity index (χ4n) is 4.27. The van der Waals surface area contributed by atoms with Crippen molar-refractivity contribution in [1.29, 1.82) is 0 Å². The molecule has 0 spiro atoms. The van der Waals surface area contributed by atoms with E-state index in [0.717, 1.165) is 31.5 Å². The maximum Gasteiger partial charge on any atom is 0.338 e. The topological polar surface area (TPSA) is 78.8 Å². The summed E-state index contributed by atoms with van der Waals surface area (Å²) in [5, 5.41) is 4.13. The van der Waals surface area contributed by atoms with Crippen molar-refractivity contribution >= 4 is 12.2 Å². The van der Waals surface area contributed by atoms with E-state index < -0.39 is 6.10 Å². The molecule has 1 saturated carbocycles. The number of methoxy groups -OCH3 is 1. The number of ether oxygens (including phenoxy) is 4. The number of esters is 1. The van der Waals surface area contributed by atoms with Gasteiger partial charge in [0.2, 0.25) is 0 Å². The Labute approximate surface area is 206 Å². The second-order valence-electron chi connectivity index (χ2n) is 8.77. The van der Waals surface area contributed by atoms with Gasteiger partial charge < -0.3 is 23.8 Å². The lowest BCUT2D eigenvalue weighted by Gasteiger charge is -2.29. The van der Waals surface area contributed by atoms with E-state index in [4.69, 9.17) is 23.8 Å². The minimum Gasteiger partial charge on any atom is -0.493 e. The molecule has 188 valence electrons. The number of benzene rings is 2. The summed E-state index contributed by atoms with van der Waals surface area (Å²) in [5.41, 5.74) is 1.35. The van der Waals surface area contributed by atoms with Crippen LogP contribution in [-0.4, -0.2) is 75.9 Å². The van der Waals surface area contributed by atoms with Crippen molar-refractivity contribution in [1.82, 2.24) is 4.90 Å². The van der Waals surface area contributed by atoms with Gasteiger partial charge in [0.15, 0.2) is 24.2 Å². The van der Waals surface area contributed by atoms with E-state index in [2.05, 4.69) is 10.1 Å². The molecule has 1 heterocycles. The second kappa shape index (κ2) is 13.1. The molecule has 0 N–H and O–H groups in total. The molecule has 8 heteroatoms. The zero-order chi connectivity index (χ0) is 24.3. The molecule has 35 heavy (non-hydrogen) atoms. The molecular weight excluding hydrogens is 448 g/mol. The molecule has 1 saturated heterocycles. The first-order valence-electron chi connectivity index (χ1n) is 12.3. The minimum absolute atomic E-state index is 0.147. The number of oxime groups is 1. The zero-order valence-corrected chi connectivity index (χ0v) is 20.3. The third kappa shape index (κ3) is 7.70. The van der Waals surface area contributed by atoms with Crippen molar-refractivity contribution in [3.8, 4) is 11.5 Å². The van der Waals surface area contributed by atoms with Crippen LogP contribution in [0.2, 0.25) is 0 Å². The van der Waals surface area contributed by atoms with Gasteiger partial charge in [-0.1, -0.05) is 23.4 Å². The first-order chi connectivity index (χ1) is 17.2. The minimum atomic E-state index is -0.463. The molecule has 1 atom stereocenters. The summed E-state index contributed by atoms with van der Waals surface area (Å²) >= 11 is 0. The molecule has 8 nitrogen and oxygen atoms in total. The van der Waals surface area contributed by atoms with Crippen LogP contribution in [0.25, 0.3) is 0 Å². The molecule has 2 aromatic rings. The first-order valence-corrected chi connectivity index (χ1v) is 12.3. The van der Waals surface area contributed by atoms with E-state index in [0.29, 0.717) is 36.8 Å². The fraction of sp³-hybridized carbons (Fsp3) is 0.481. The average molecular weight is 483 g/mol. The molecular formula is C27H34N2O6. The Morgan fingerprint density at radius 3 is 2.63 bits per heavy atom. The van der Waals surface area contributed by atoms with Crippen LogP contribution in [0, 0.1) is 0 Å². The lowest BCUT2D eigenvalue weighted by atomic mass is 10.2. The van der Waals surface area contributed by atoms with Crippen molar-refractivity contribution in [2.24, 2.45) is 5.16 Å². The number of carbonyl (C=O) groups excluding carboxylic acids is 1. The van der Waals surface area contributed by atoms with Crippen molar-refractivity contribution in [2.45, 2.75) is 37.9 Å². The highest BCUT2D eigenvalue weighted by atomic mass is 16.6. The van der Waals surface area contributed by atoms with Gasteiger partial charge in [-0.2, -0.15) is 0 Å². The summed E-state index contributed by atoms with van der Waals surface area (Å²) in [6.07, 6.45) is 5.92. The number of hydrogen-bond acceptors (Lipinski definition) is 8. The molecule has 2 aromatic carbocycles. The molecule has 0 aromatic heterocycles. The summed E-state index contributed by atoms with van der Waals surface area (Å²) < 4.78 is 22.8. The molecule has 0 radical (unpaired) electrons. The number of rotatable bonds is 11. The quantitative estimate of drug-likeness (QED) is 0.273. The van der Waals surface area contributed by atoms with Crippen LogP contribution >= 0.6 is 0 Å². The van der Waals surface area contributed by atoms with Gasteiger partial charge in [0.05, 0.1) is 38.2 Å². The van der Waals surface area contributed by atoms with Crippen LogP contribution in [-0.2, 0) is 14.3 Å². The second-order valence-corrected chi connectivity index (χ2v) is 8.77. The van der Waals surface area contributed by atoms with Crippen LogP contribution < -0.4 is 9.47 Å². The monoisotopic (exact) mass is 482 g/mol. The summed E-state index contributed by atoms with van der Waals surface area (Å²) in [5.74, 6) is 1.04. The van der Waals surface area contributed by atoms with E-state index in [1.807, 2.05) is 36.4 Å². The Kier molecular flexibility index (Phi) is 9.37. The predicted molar refractivity (Wildman–Crippen MR) is 132 cm³/mol. The molecule has 2 fully saturated rings. The zero-order valence-electron chi connectivity index (χ0n) is 20.3. The first kappa shape index (κ1) is 25.0. The highest BCUT2D eigenvalue weighted by molar-refractivity contribution is 5.89. The Balaban J connectivity index is 1.35. The van der Waals surface area contributed by atoms with Crippen LogP contribution in [0.5, 0.6) is 11.5 Å². The van der Waals surface area contributed by atoms with Gasteiger partial charge in [-0.15, -0.1) is 0 Å². The largest absolute Gasteiger partial charge is 0.493 e. The maximum absolute atomic E-state index is 12.6. The molecule has 4 rings (SSSR count). The smallest absolute Gasteiger partial charge is 0.338 e. The highest BCUT2D eigenvalue weighted by Gasteiger charge is 2.22. The van der Waals surface area contributed by atoms with Gasteiger partial charge in [0.1, 0.15) is 0 Å². The van der Waals surface area contributed by atoms with Crippen molar-refractivity contribution in [3.05, 3.63) is 59.7 Å². The van der Waals surface area contributed by atoms with Gasteiger partial charge >= 0.3 is 5.97 Å².